The Bertz CT molecular complexity index is 940. The van der Waals surface area contributed by atoms with Gasteiger partial charge in [-0.1, -0.05) is 44.2 Å². The Morgan fingerprint density at radius 2 is 1.90 bits per heavy atom. The van der Waals surface area contributed by atoms with Gasteiger partial charge in [0.2, 0.25) is 0 Å². The lowest BCUT2D eigenvalue weighted by Crippen LogP contribution is -2.18. The molecule has 29 heavy (non-hydrogen) atoms. The van der Waals surface area contributed by atoms with E-state index in [-0.39, 0.29) is 30.5 Å². The van der Waals surface area contributed by atoms with Crippen molar-refractivity contribution in [1.29, 1.82) is 5.26 Å². The van der Waals surface area contributed by atoms with Crippen molar-refractivity contribution in [2.75, 3.05) is 13.2 Å². The molecule has 0 fully saturated rings. The van der Waals surface area contributed by atoms with E-state index in [1.54, 1.807) is 37.3 Å². The molecule has 0 saturated carbocycles. The fourth-order valence-electron chi connectivity index (χ4n) is 2.57. The molecule has 0 aliphatic heterocycles. The average molecular weight is 393 g/mol. The first kappa shape index (κ1) is 21.7. The van der Waals surface area contributed by atoms with Crippen molar-refractivity contribution >= 4 is 18.0 Å². The van der Waals surface area contributed by atoms with E-state index in [9.17, 15) is 9.59 Å². The third-order valence-corrected chi connectivity index (χ3v) is 3.90. The molecule has 0 aromatic heterocycles. The molecular formula is C23H23NO5. The predicted molar refractivity (Wildman–Crippen MR) is 108 cm³/mol. The number of nitrogens with zero attached hydrogens (tertiary/aromatic N) is 1. The zero-order valence-corrected chi connectivity index (χ0v) is 16.7. The standard InChI is InChI=1S/C23H23NO5/c1-4-27-23(26)18(14-24)12-17-8-7-9-19(13-17)29-22(25)15-28-21-11-6-5-10-20(21)16(2)3/h5-13,16H,4,15H2,1-3H3/b18-12+. The van der Waals surface area contributed by atoms with Crippen LogP contribution in [0.1, 0.15) is 37.8 Å². The van der Waals surface area contributed by atoms with Crippen molar-refractivity contribution in [2.45, 2.75) is 26.7 Å². The summed E-state index contributed by atoms with van der Waals surface area (Å²) in [5, 5.41) is 9.12. The Labute approximate surface area is 170 Å². The van der Waals surface area contributed by atoms with Crippen molar-refractivity contribution in [2.24, 2.45) is 0 Å². The first-order valence-corrected chi connectivity index (χ1v) is 9.26. The van der Waals surface area contributed by atoms with Gasteiger partial charge in [-0.2, -0.15) is 5.26 Å². The molecule has 0 N–H and O–H groups in total. The molecular weight excluding hydrogens is 370 g/mol. The van der Waals surface area contributed by atoms with E-state index < -0.39 is 11.9 Å². The van der Waals surface area contributed by atoms with E-state index in [4.69, 9.17) is 19.5 Å². The van der Waals surface area contributed by atoms with Crippen LogP contribution in [0.3, 0.4) is 0 Å². The minimum Gasteiger partial charge on any atom is -0.482 e. The molecule has 0 aliphatic rings. The number of hydrogen-bond acceptors (Lipinski definition) is 6. The molecule has 150 valence electrons. The number of carbonyl (C=O) groups excluding carboxylic acids is 2. The van der Waals surface area contributed by atoms with E-state index in [1.165, 1.54) is 6.08 Å². The van der Waals surface area contributed by atoms with Gasteiger partial charge in [-0.15, -0.1) is 0 Å². The number of benzene rings is 2. The van der Waals surface area contributed by atoms with Crippen LogP contribution in [0.4, 0.5) is 0 Å². The van der Waals surface area contributed by atoms with Crippen molar-refractivity contribution in [3.63, 3.8) is 0 Å². The fraction of sp³-hybridized carbons (Fsp3) is 0.261. The van der Waals surface area contributed by atoms with Gasteiger partial charge in [0.15, 0.2) is 6.61 Å². The van der Waals surface area contributed by atoms with Gasteiger partial charge < -0.3 is 14.2 Å². The highest BCUT2D eigenvalue weighted by Crippen LogP contribution is 2.26. The summed E-state index contributed by atoms with van der Waals surface area (Å²) in [6.07, 6.45) is 1.38. The van der Waals surface area contributed by atoms with Crippen LogP contribution >= 0.6 is 0 Å². The third-order valence-electron chi connectivity index (χ3n) is 3.90. The largest absolute Gasteiger partial charge is 0.482 e. The third kappa shape index (κ3) is 6.51. The van der Waals surface area contributed by atoms with Gasteiger partial charge in [0.1, 0.15) is 23.1 Å². The predicted octanol–water partition coefficient (Wildman–Crippen LogP) is 4.26. The lowest BCUT2D eigenvalue weighted by molar-refractivity contribution is -0.138. The first-order chi connectivity index (χ1) is 13.9. The molecule has 2 aromatic carbocycles. The topological polar surface area (TPSA) is 85.6 Å². The number of esters is 2. The SMILES string of the molecule is CCOC(=O)/C(C#N)=C/c1cccc(OC(=O)COc2ccccc2C(C)C)c1. The van der Waals surface area contributed by atoms with Crippen LogP contribution in [0.5, 0.6) is 11.5 Å². The normalized spacial score (nSPS) is 10.9. The van der Waals surface area contributed by atoms with Gasteiger partial charge in [0, 0.05) is 0 Å². The lowest BCUT2D eigenvalue weighted by atomic mass is 10.0. The Morgan fingerprint density at radius 3 is 2.59 bits per heavy atom. The maximum Gasteiger partial charge on any atom is 0.349 e. The second-order valence-electron chi connectivity index (χ2n) is 6.42. The number of rotatable bonds is 8. The van der Waals surface area contributed by atoms with Crippen LogP contribution in [0.15, 0.2) is 54.1 Å². The zero-order valence-electron chi connectivity index (χ0n) is 16.7. The molecule has 2 aromatic rings. The number of ether oxygens (including phenoxy) is 3. The zero-order chi connectivity index (χ0) is 21.2. The lowest BCUT2D eigenvalue weighted by Gasteiger charge is -2.13. The summed E-state index contributed by atoms with van der Waals surface area (Å²) >= 11 is 0. The molecule has 6 nitrogen and oxygen atoms in total. The summed E-state index contributed by atoms with van der Waals surface area (Å²) in [5.74, 6) is -0.0699. The molecule has 0 aliphatic carbocycles. The molecule has 0 amide bonds. The first-order valence-electron chi connectivity index (χ1n) is 9.26. The smallest absolute Gasteiger partial charge is 0.349 e. The minimum atomic E-state index is -0.699. The quantitative estimate of drug-likeness (QED) is 0.288. The van der Waals surface area contributed by atoms with Crippen molar-refractivity contribution in [3.8, 4) is 17.6 Å². The van der Waals surface area contributed by atoms with Gasteiger partial charge in [0.25, 0.3) is 0 Å². The maximum absolute atomic E-state index is 12.2. The summed E-state index contributed by atoms with van der Waals surface area (Å²) in [6, 6.07) is 15.8. The average Bonchev–Trinajstić information content (AvgIpc) is 2.71. The highest BCUT2D eigenvalue weighted by atomic mass is 16.6. The van der Waals surface area contributed by atoms with Crippen molar-refractivity contribution in [1.82, 2.24) is 0 Å². The summed E-state index contributed by atoms with van der Waals surface area (Å²) in [7, 11) is 0. The van der Waals surface area contributed by atoms with Gasteiger partial charge in [-0.3, -0.25) is 0 Å². The summed E-state index contributed by atoms with van der Waals surface area (Å²) in [4.78, 5) is 23.9. The van der Waals surface area contributed by atoms with Crippen LogP contribution in [0.25, 0.3) is 6.08 Å². The van der Waals surface area contributed by atoms with Gasteiger partial charge >= 0.3 is 11.9 Å². The number of para-hydroxylation sites is 1. The molecule has 0 atom stereocenters. The van der Waals surface area contributed by atoms with Gasteiger partial charge in [-0.25, -0.2) is 9.59 Å². The minimum absolute atomic E-state index is 0.135. The van der Waals surface area contributed by atoms with E-state index in [0.717, 1.165) is 5.56 Å². The van der Waals surface area contributed by atoms with Crippen LogP contribution in [-0.4, -0.2) is 25.2 Å². The van der Waals surface area contributed by atoms with Crippen LogP contribution in [0, 0.1) is 11.3 Å². The number of carbonyl (C=O) groups is 2. The Kier molecular flexibility index (Phi) is 7.99. The van der Waals surface area contributed by atoms with E-state index in [0.29, 0.717) is 11.3 Å². The molecule has 0 spiro atoms. The second-order valence-corrected chi connectivity index (χ2v) is 6.42. The van der Waals surface area contributed by atoms with Crippen LogP contribution in [-0.2, 0) is 14.3 Å². The monoisotopic (exact) mass is 393 g/mol. The van der Waals surface area contributed by atoms with Gasteiger partial charge in [0.05, 0.1) is 6.61 Å². The second kappa shape index (κ2) is 10.7. The van der Waals surface area contributed by atoms with Crippen molar-refractivity contribution in [3.05, 3.63) is 65.2 Å². The molecule has 0 bridgehead atoms. The van der Waals surface area contributed by atoms with Crippen LogP contribution in [0.2, 0.25) is 0 Å². The van der Waals surface area contributed by atoms with E-state index in [1.807, 2.05) is 38.1 Å². The van der Waals surface area contributed by atoms with E-state index >= 15 is 0 Å². The summed E-state index contributed by atoms with van der Waals surface area (Å²) in [5.41, 5.74) is 1.41. The molecule has 0 saturated heterocycles. The van der Waals surface area contributed by atoms with Crippen molar-refractivity contribution < 1.29 is 23.8 Å². The number of hydrogen-bond donors (Lipinski definition) is 0. The maximum atomic E-state index is 12.2. The highest BCUT2D eigenvalue weighted by Gasteiger charge is 2.12. The fourth-order valence-corrected chi connectivity index (χ4v) is 2.57. The highest BCUT2D eigenvalue weighted by molar-refractivity contribution is 5.97. The Hall–Kier alpha value is -3.59. The Balaban J connectivity index is 2.04. The molecule has 6 heteroatoms. The molecule has 0 radical (unpaired) electrons. The summed E-state index contributed by atoms with van der Waals surface area (Å²) in [6.45, 7) is 5.69. The van der Waals surface area contributed by atoms with Gasteiger partial charge in [-0.05, 0) is 48.2 Å². The number of nitriles is 1. The Morgan fingerprint density at radius 1 is 1.14 bits per heavy atom. The molecule has 0 heterocycles. The molecule has 0 unspecified atom stereocenters. The van der Waals surface area contributed by atoms with E-state index in [2.05, 4.69) is 0 Å². The summed E-state index contributed by atoms with van der Waals surface area (Å²) < 4.78 is 15.8. The molecule has 2 rings (SSSR count). The van der Waals surface area contributed by atoms with Crippen LogP contribution < -0.4 is 9.47 Å².